The Morgan fingerprint density at radius 1 is 0.435 bits per heavy atom. The number of furan rings is 1. The van der Waals surface area contributed by atoms with Crippen molar-refractivity contribution >= 4 is 65.4 Å². The Labute approximate surface area is 263 Å². The van der Waals surface area contributed by atoms with Gasteiger partial charge in [-0.25, -0.2) is 9.97 Å². The summed E-state index contributed by atoms with van der Waals surface area (Å²) in [5, 5.41) is 8.07. The molecule has 214 valence electrons. The molecule has 0 bridgehead atoms. The van der Waals surface area contributed by atoms with Crippen LogP contribution in [0.25, 0.3) is 93.8 Å². The molecule has 3 aromatic heterocycles. The van der Waals surface area contributed by atoms with Crippen molar-refractivity contribution in [3.63, 3.8) is 0 Å². The first-order chi connectivity index (χ1) is 22.8. The molecule has 0 amide bonds. The second-order valence-electron chi connectivity index (χ2n) is 11.8. The predicted octanol–water partition coefficient (Wildman–Crippen LogP) is 11.1. The van der Waals surface area contributed by atoms with Crippen molar-refractivity contribution in [1.82, 2.24) is 14.5 Å². The van der Waals surface area contributed by atoms with Crippen LogP contribution in [0.15, 0.2) is 156 Å². The molecule has 0 unspecified atom stereocenters. The van der Waals surface area contributed by atoms with Crippen LogP contribution >= 0.6 is 0 Å². The Kier molecular flexibility index (Phi) is 5.25. The van der Waals surface area contributed by atoms with Gasteiger partial charge in [0, 0.05) is 32.5 Å². The smallest absolute Gasteiger partial charge is 0.235 e. The summed E-state index contributed by atoms with van der Waals surface area (Å²) in [6.07, 6.45) is 0. The summed E-state index contributed by atoms with van der Waals surface area (Å²) in [7, 11) is 0. The molecule has 0 aliphatic heterocycles. The summed E-state index contributed by atoms with van der Waals surface area (Å²) in [6.45, 7) is 0. The zero-order valence-corrected chi connectivity index (χ0v) is 24.7. The second kappa shape index (κ2) is 9.62. The molecule has 0 atom stereocenters. The van der Waals surface area contributed by atoms with Crippen molar-refractivity contribution in [2.75, 3.05) is 0 Å². The topological polar surface area (TPSA) is 43.9 Å². The number of benzene rings is 7. The van der Waals surface area contributed by atoms with Gasteiger partial charge < -0.3 is 4.42 Å². The number of aromatic nitrogens is 3. The van der Waals surface area contributed by atoms with Gasteiger partial charge in [0.1, 0.15) is 11.2 Å². The number of hydrogen-bond acceptors (Lipinski definition) is 3. The van der Waals surface area contributed by atoms with Crippen LogP contribution in [-0.2, 0) is 0 Å². The molecule has 0 spiro atoms. The van der Waals surface area contributed by atoms with E-state index in [1.165, 1.54) is 16.2 Å². The van der Waals surface area contributed by atoms with Crippen LogP contribution in [-0.4, -0.2) is 14.5 Å². The molecule has 46 heavy (non-hydrogen) atoms. The fraction of sp³-hybridized carbons (Fsp3) is 0. The minimum absolute atomic E-state index is 0.662. The van der Waals surface area contributed by atoms with Gasteiger partial charge in [0.15, 0.2) is 0 Å². The van der Waals surface area contributed by atoms with Gasteiger partial charge in [-0.3, -0.25) is 4.57 Å². The van der Waals surface area contributed by atoms with E-state index in [0.29, 0.717) is 5.95 Å². The zero-order valence-electron chi connectivity index (χ0n) is 24.7. The van der Waals surface area contributed by atoms with Crippen LogP contribution in [0.5, 0.6) is 0 Å². The molecule has 0 N–H and O–H groups in total. The Hall–Kier alpha value is -6.26. The number of nitrogens with zero attached hydrogens (tertiary/aromatic N) is 3. The van der Waals surface area contributed by atoms with Gasteiger partial charge in [0.2, 0.25) is 5.95 Å². The molecule has 0 aliphatic rings. The third-order valence-electron chi connectivity index (χ3n) is 9.20. The van der Waals surface area contributed by atoms with Crippen LogP contribution in [0.2, 0.25) is 0 Å². The Morgan fingerprint density at radius 3 is 2.00 bits per heavy atom. The molecule has 7 aromatic carbocycles. The van der Waals surface area contributed by atoms with E-state index in [9.17, 15) is 0 Å². The van der Waals surface area contributed by atoms with Crippen molar-refractivity contribution in [1.29, 1.82) is 0 Å². The fourth-order valence-electron chi connectivity index (χ4n) is 7.08. The monoisotopic (exact) mass is 587 g/mol. The van der Waals surface area contributed by atoms with Crippen molar-refractivity contribution in [2.45, 2.75) is 0 Å². The van der Waals surface area contributed by atoms with Crippen molar-refractivity contribution < 1.29 is 4.42 Å². The lowest BCUT2D eigenvalue weighted by Gasteiger charge is -2.12. The largest absolute Gasteiger partial charge is 0.456 e. The van der Waals surface area contributed by atoms with E-state index in [0.717, 1.165) is 71.6 Å². The lowest BCUT2D eigenvalue weighted by molar-refractivity contribution is 0.669. The lowest BCUT2D eigenvalue weighted by atomic mass is 9.99. The zero-order chi connectivity index (χ0) is 30.2. The highest BCUT2D eigenvalue weighted by Crippen LogP contribution is 2.39. The van der Waals surface area contributed by atoms with E-state index in [2.05, 4.69) is 138 Å². The van der Waals surface area contributed by atoms with Crippen LogP contribution in [0.4, 0.5) is 0 Å². The maximum absolute atomic E-state index is 6.29. The second-order valence-corrected chi connectivity index (χ2v) is 11.8. The lowest BCUT2D eigenvalue weighted by Crippen LogP contribution is -2.03. The molecule has 10 rings (SSSR count). The minimum atomic E-state index is 0.662. The molecular formula is C42H25N3O. The molecule has 0 saturated heterocycles. The average Bonchev–Trinajstić information content (AvgIpc) is 3.67. The number of rotatable bonds is 3. The average molecular weight is 588 g/mol. The van der Waals surface area contributed by atoms with E-state index in [1.807, 2.05) is 18.2 Å². The van der Waals surface area contributed by atoms with Gasteiger partial charge in [0.05, 0.1) is 22.2 Å². The van der Waals surface area contributed by atoms with Gasteiger partial charge in [-0.1, -0.05) is 109 Å². The van der Waals surface area contributed by atoms with Gasteiger partial charge >= 0.3 is 0 Å². The van der Waals surface area contributed by atoms with Crippen LogP contribution in [0, 0.1) is 0 Å². The van der Waals surface area contributed by atoms with E-state index in [1.54, 1.807) is 0 Å². The molecule has 0 radical (unpaired) electrons. The molecule has 4 heteroatoms. The Morgan fingerprint density at radius 2 is 1.11 bits per heavy atom. The number of para-hydroxylation sites is 2. The SMILES string of the molecule is c1ccc(-c2nc(-n3c4ccccc4c4cc(-c5ccc6oc7ccc8ccccc8c7c6c5)ccc43)nc3ccccc23)cc1. The summed E-state index contributed by atoms with van der Waals surface area (Å²) in [4.78, 5) is 10.3. The maximum Gasteiger partial charge on any atom is 0.235 e. The quantitative estimate of drug-likeness (QED) is 0.207. The molecule has 10 aromatic rings. The highest BCUT2D eigenvalue weighted by atomic mass is 16.3. The van der Waals surface area contributed by atoms with Crippen molar-refractivity contribution in [3.05, 3.63) is 152 Å². The normalized spacial score (nSPS) is 11.9. The number of fused-ring (bicyclic) bond motifs is 9. The first kappa shape index (κ1) is 25.1. The summed E-state index contributed by atoms with van der Waals surface area (Å²) in [5.41, 5.74) is 9.17. The summed E-state index contributed by atoms with van der Waals surface area (Å²) in [6, 6.07) is 53.1. The first-order valence-electron chi connectivity index (χ1n) is 15.5. The summed E-state index contributed by atoms with van der Waals surface area (Å²) < 4.78 is 8.49. The van der Waals surface area contributed by atoms with Gasteiger partial charge in [-0.15, -0.1) is 0 Å². The number of hydrogen-bond donors (Lipinski definition) is 0. The molecule has 0 aliphatic carbocycles. The minimum Gasteiger partial charge on any atom is -0.456 e. The van der Waals surface area contributed by atoms with Gasteiger partial charge in [-0.2, -0.15) is 0 Å². The Balaban J connectivity index is 1.20. The summed E-state index contributed by atoms with van der Waals surface area (Å²) in [5.74, 6) is 0.662. The van der Waals surface area contributed by atoms with Crippen LogP contribution in [0.3, 0.4) is 0 Å². The third kappa shape index (κ3) is 3.67. The van der Waals surface area contributed by atoms with Crippen LogP contribution in [0.1, 0.15) is 0 Å². The van der Waals surface area contributed by atoms with Gasteiger partial charge in [-0.05, 0) is 64.4 Å². The molecule has 3 heterocycles. The Bertz CT molecular complexity index is 2810. The fourth-order valence-corrected chi connectivity index (χ4v) is 7.08. The van der Waals surface area contributed by atoms with E-state index >= 15 is 0 Å². The van der Waals surface area contributed by atoms with Crippen molar-refractivity contribution in [2.24, 2.45) is 0 Å². The first-order valence-corrected chi connectivity index (χ1v) is 15.5. The predicted molar refractivity (Wildman–Crippen MR) is 190 cm³/mol. The third-order valence-corrected chi connectivity index (χ3v) is 9.20. The summed E-state index contributed by atoms with van der Waals surface area (Å²) >= 11 is 0. The van der Waals surface area contributed by atoms with Crippen molar-refractivity contribution in [3.8, 4) is 28.3 Å². The molecule has 0 saturated carbocycles. The highest BCUT2D eigenvalue weighted by molar-refractivity contribution is 6.19. The molecule has 4 nitrogen and oxygen atoms in total. The van der Waals surface area contributed by atoms with Crippen LogP contribution < -0.4 is 0 Å². The van der Waals surface area contributed by atoms with E-state index in [-0.39, 0.29) is 0 Å². The highest BCUT2D eigenvalue weighted by Gasteiger charge is 2.18. The standard InChI is InChI=1S/C42H25N3O/c1-2-11-27(12-3-1)41-32-15-6-8-16-35(32)43-42(44-41)45-36-17-9-7-14-31(36)33-24-28(18-21-37(33)45)29-20-22-38-34(25-29)40-30-13-5-4-10-26(30)19-23-39(40)46-38/h1-25H. The van der Waals surface area contributed by atoms with Gasteiger partial charge in [0.25, 0.3) is 0 Å². The maximum atomic E-state index is 6.29. The van der Waals surface area contributed by atoms with E-state index < -0.39 is 0 Å². The molecular weight excluding hydrogens is 562 g/mol. The molecule has 0 fully saturated rings. The van der Waals surface area contributed by atoms with E-state index in [4.69, 9.17) is 14.4 Å².